The number of benzene rings is 2. The molecule has 2 aromatic rings. The maximum atomic E-state index is 13.5. The van der Waals surface area contributed by atoms with Gasteiger partial charge in [0.25, 0.3) is 11.7 Å². The van der Waals surface area contributed by atoms with Crippen LogP contribution in [0.3, 0.4) is 0 Å². The smallest absolute Gasteiger partial charge is 0.295 e. The van der Waals surface area contributed by atoms with E-state index >= 15 is 0 Å². The predicted molar refractivity (Wildman–Crippen MR) is 121 cm³/mol. The molecule has 176 valence electrons. The van der Waals surface area contributed by atoms with Gasteiger partial charge in [-0.1, -0.05) is 12.1 Å². The van der Waals surface area contributed by atoms with E-state index in [0.717, 1.165) is 19.6 Å². The zero-order valence-corrected chi connectivity index (χ0v) is 18.7. The number of amides is 1. The molecule has 33 heavy (non-hydrogen) atoms. The summed E-state index contributed by atoms with van der Waals surface area (Å²) in [6, 6.07) is 9.67. The highest BCUT2D eigenvalue weighted by molar-refractivity contribution is 6.46. The van der Waals surface area contributed by atoms with E-state index in [-0.39, 0.29) is 29.3 Å². The Bertz CT molecular complexity index is 1020. The SMILES string of the molecule is Cl.O=C1C(=O)N(CCCN2CCOCC2)C(c2ccc(F)cc2)/C1=C(\O)c1ccc(F)cc1. The van der Waals surface area contributed by atoms with Crippen molar-refractivity contribution in [3.05, 3.63) is 76.9 Å². The van der Waals surface area contributed by atoms with Gasteiger partial charge in [-0.25, -0.2) is 8.78 Å². The van der Waals surface area contributed by atoms with Crippen LogP contribution >= 0.6 is 12.4 Å². The maximum absolute atomic E-state index is 13.5. The summed E-state index contributed by atoms with van der Waals surface area (Å²) < 4.78 is 32.2. The minimum atomic E-state index is -0.856. The van der Waals surface area contributed by atoms with Gasteiger partial charge in [0.15, 0.2) is 0 Å². The average molecular weight is 479 g/mol. The van der Waals surface area contributed by atoms with Gasteiger partial charge in [0.1, 0.15) is 17.4 Å². The molecular weight excluding hydrogens is 454 g/mol. The quantitative estimate of drug-likeness (QED) is 0.391. The van der Waals surface area contributed by atoms with E-state index in [4.69, 9.17) is 4.74 Å². The van der Waals surface area contributed by atoms with Crippen molar-refractivity contribution in [2.45, 2.75) is 12.5 Å². The number of carbonyl (C=O) groups excluding carboxylic acids is 2. The lowest BCUT2D eigenvalue weighted by Crippen LogP contribution is -2.38. The molecule has 2 aliphatic rings. The van der Waals surface area contributed by atoms with Crippen LogP contribution in [-0.4, -0.2) is 66.0 Å². The molecule has 2 heterocycles. The number of hydrogen-bond acceptors (Lipinski definition) is 5. The Kier molecular flexibility index (Phi) is 8.18. The monoisotopic (exact) mass is 478 g/mol. The summed E-state index contributed by atoms with van der Waals surface area (Å²) >= 11 is 0. The third kappa shape index (κ3) is 5.40. The molecule has 1 atom stereocenters. The van der Waals surface area contributed by atoms with E-state index in [1.54, 1.807) is 0 Å². The Morgan fingerprint density at radius 1 is 0.939 bits per heavy atom. The highest BCUT2D eigenvalue weighted by Gasteiger charge is 2.45. The minimum Gasteiger partial charge on any atom is -0.507 e. The van der Waals surface area contributed by atoms with Gasteiger partial charge >= 0.3 is 0 Å². The zero-order valence-electron chi connectivity index (χ0n) is 17.9. The number of hydrogen-bond donors (Lipinski definition) is 1. The Morgan fingerprint density at radius 2 is 1.52 bits per heavy atom. The summed E-state index contributed by atoms with van der Waals surface area (Å²) in [5, 5.41) is 10.9. The lowest BCUT2D eigenvalue weighted by Gasteiger charge is -2.29. The van der Waals surface area contributed by atoms with Gasteiger partial charge in [0.05, 0.1) is 24.8 Å². The number of aliphatic hydroxyl groups is 1. The van der Waals surface area contributed by atoms with Gasteiger partial charge in [-0.3, -0.25) is 14.5 Å². The third-order valence-electron chi connectivity index (χ3n) is 5.82. The molecular formula is C24H25ClF2N2O4. The Hall–Kier alpha value is -2.81. The number of halogens is 3. The second kappa shape index (κ2) is 10.9. The van der Waals surface area contributed by atoms with Gasteiger partial charge in [0, 0.05) is 31.7 Å². The van der Waals surface area contributed by atoms with Crippen LogP contribution in [0.2, 0.25) is 0 Å². The van der Waals surface area contributed by atoms with Crippen molar-refractivity contribution in [1.29, 1.82) is 0 Å². The van der Waals surface area contributed by atoms with Crippen LogP contribution in [0.4, 0.5) is 8.78 Å². The number of Topliss-reactive ketones (excluding diaryl/α,β-unsaturated/α-hetero) is 1. The van der Waals surface area contributed by atoms with E-state index < -0.39 is 29.4 Å². The van der Waals surface area contributed by atoms with Crippen molar-refractivity contribution >= 4 is 29.9 Å². The highest BCUT2D eigenvalue weighted by atomic mass is 35.5. The Labute approximate surface area is 196 Å². The summed E-state index contributed by atoms with van der Waals surface area (Å²) in [4.78, 5) is 29.5. The van der Waals surface area contributed by atoms with Crippen molar-refractivity contribution in [2.75, 3.05) is 39.4 Å². The Balaban J connectivity index is 0.00000306. The average Bonchev–Trinajstić information content (AvgIpc) is 3.05. The first-order valence-electron chi connectivity index (χ1n) is 10.6. The topological polar surface area (TPSA) is 70.1 Å². The molecule has 6 nitrogen and oxygen atoms in total. The van der Waals surface area contributed by atoms with Gasteiger partial charge in [-0.05, 0) is 48.4 Å². The fourth-order valence-corrected chi connectivity index (χ4v) is 4.15. The van der Waals surface area contributed by atoms with Gasteiger partial charge < -0.3 is 14.7 Å². The second-order valence-electron chi connectivity index (χ2n) is 7.86. The first-order valence-corrected chi connectivity index (χ1v) is 10.6. The number of aliphatic hydroxyl groups excluding tert-OH is 1. The third-order valence-corrected chi connectivity index (χ3v) is 5.82. The van der Waals surface area contributed by atoms with Crippen molar-refractivity contribution in [3.8, 4) is 0 Å². The number of likely N-dealkylation sites (tertiary alicyclic amines) is 1. The number of ether oxygens (including phenoxy) is 1. The second-order valence-corrected chi connectivity index (χ2v) is 7.86. The molecule has 0 spiro atoms. The number of morpholine rings is 1. The van der Waals surface area contributed by atoms with E-state index in [1.165, 1.54) is 53.4 Å². The molecule has 9 heteroatoms. The van der Waals surface area contributed by atoms with Crippen LogP contribution in [0.1, 0.15) is 23.6 Å². The van der Waals surface area contributed by atoms with E-state index in [0.29, 0.717) is 31.7 Å². The van der Waals surface area contributed by atoms with Gasteiger partial charge in [-0.2, -0.15) is 0 Å². The molecule has 1 amide bonds. The fourth-order valence-electron chi connectivity index (χ4n) is 4.15. The van der Waals surface area contributed by atoms with Crippen LogP contribution in [0.5, 0.6) is 0 Å². The molecule has 2 saturated heterocycles. The number of ketones is 1. The number of rotatable bonds is 6. The van der Waals surface area contributed by atoms with E-state index in [2.05, 4.69) is 4.90 Å². The summed E-state index contributed by atoms with van der Waals surface area (Å²) in [5.74, 6) is -2.84. The van der Waals surface area contributed by atoms with Gasteiger partial charge in [0.2, 0.25) is 0 Å². The molecule has 4 rings (SSSR count). The molecule has 0 radical (unpaired) electrons. The maximum Gasteiger partial charge on any atom is 0.295 e. The molecule has 2 fully saturated rings. The molecule has 0 aliphatic carbocycles. The normalized spacial score (nSPS) is 20.7. The molecule has 1 unspecified atom stereocenters. The molecule has 2 aliphatic heterocycles. The summed E-state index contributed by atoms with van der Waals surface area (Å²) in [6.07, 6.45) is 0.626. The van der Waals surface area contributed by atoms with Crippen LogP contribution in [0, 0.1) is 11.6 Å². The largest absolute Gasteiger partial charge is 0.507 e. The fraction of sp³-hybridized carbons (Fsp3) is 0.333. The molecule has 0 aromatic heterocycles. The summed E-state index contributed by atoms with van der Waals surface area (Å²) in [7, 11) is 0. The van der Waals surface area contributed by atoms with Crippen molar-refractivity contribution in [2.24, 2.45) is 0 Å². The molecule has 0 saturated carbocycles. The first kappa shape index (κ1) is 24.8. The summed E-state index contributed by atoms with van der Waals surface area (Å²) in [5.41, 5.74) is 0.657. The molecule has 2 aromatic carbocycles. The van der Waals surface area contributed by atoms with Crippen molar-refractivity contribution < 1.29 is 28.2 Å². The Morgan fingerprint density at radius 3 is 2.12 bits per heavy atom. The predicted octanol–water partition coefficient (Wildman–Crippen LogP) is 3.53. The lowest BCUT2D eigenvalue weighted by atomic mass is 9.95. The van der Waals surface area contributed by atoms with E-state index in [9.17, 15) is 23.5 Å². The van der Waals surface area contributed by atoms with Crippen LogP contribution < -0.4 is 0 Å². The lowest BCUT2D eigenvalue weighted by molar-refractivity contribution is -0.140. The molecule has 0 bridgehead atoms. The molecule has 1 N–H and O–H groups in total. The summed E-state index contributed by atoms with van der Waals surface area (Å²) in [6.45, 7) is 3.98. The van der Waals surface area contributed by atoms with Crippen molar-refractivity contribution in [1.82, 2.24) is 9.80 Å². The zero-order chi connectivity index (χ0) is 22.7. The standard InChI is InChI=1S/C24H24F2N2O4.ClH/c25-18-6-2-16(3-7-18)21-20(22(29)17-4-8-19(26)9-5-17)23(30)24(31)28(21)11-1-10-27-12-14-32-15-13-27;/h2-9,21,29H,1,10-15H2;1H/b22-20+;. The van der Waals surface area contributed by atoms with E-state index in [1.807, 2.05) is 0 Å². The van der Waals surface area contributed by atoms with Crippen LogP contribution in [0.25, 0.3) is 5.76 Å². The van der Waals surface area contributed by atoms with Crippen LogP contribution in [-0.2, 0) is 14.3 Å². The number of nitrogens with zero attached hydrogens (tertiary/aromatic N) is 2. The van der Waals surface area contributed by atoms with Crippen LogP contribution in [0.15, 0.2) is 54.1 Å². The minimum absolute atomic E-state index is 0. The van der Waals surface area contributed by atoms with Crippen molar-refractivity contribution in [3.63, 3.8) is 0 Å². The number of carbonyl (C=O) groups is 2. The highest BCUT2D eigenvalue weighted by Crippen LogP contribution is 2.39. The first-order chi connectivity index (χ1) is 15.5. The van der Waals surface area contributed by atoms with Gasteiger partial charge in [-0.15, -0.1) is 12.4 Å².